The Morgan fingerprint density at radius 1 is 1.38 bits per heavy atom. The zero-order valence-electron chi connectivity index (χ0n) is 12.0. The van der Waals surface area contributed by atoms with Crippen molar-refractivity contribution in [3.8, 4) is 0 Å². The Hall–Kier alpha value is -1.24. The molecule has 0 aliphatic rings. The molecule has 0 saturated heterocycles. The average Bonchev–Trinajstić information content (AvgIpc) is 2.42. The number of hydrogen-bond donors (Lipinski definition) is 0. The number of hydrogen-bond acceptors (Lipinski definition) is 2. The first kappa shape index (κ1) is 17.8. The monoisotopic (exact) mass is 323 g/mol. The first-order valence-electron chi connectivity index (χ1n) is 6.31. The number of carbonyl (C=O) groups excluding carboxylic acids is 1. The lowest BCUT2D eigenvalue weighted by molar-refractivity contribution is -0.137. The van der Waals surface area contributed by atoms with Crippen LogP contribution in [0.1, 0.15) is 29.3 Å². The van der Waals surface area contributed by atoms with Gasteiger partial charge in [-0.2, -0.15) is 24.9 Å². The summed E-state index contributed by atoms with van der Waals surface area (Å²) in [5, 5.41) is 0. The van der Waals surface area contributed by atoms with Gasteiger partial charge in [-0.25, -0.2) is 4.39 Å². The summed E-state index contributed by atoms with van der Waals surface area (Å²) in [4.78, 5) is 13.4. The van der Waals surface area contributed by atoms with E-state index in [0.717, 1.165) is 5.75 Å². The van der Waals surface area contributed by atoms with Crippen LogP contribution in [0.5, 0.6) is 0 Å². The minimum absolute atomic E-state index is 0.182. The van der Waals surface area contributed by atoms with Gasteiger partial charge in [-0.1, -0.05) is 0 Å². The number of rotatable bonds is 5. The van der Waals surface area contributed by atoms with E-state index in [4.69, 9.17) is 0 Å². The molecule has 1 unspecified atom stereocenters. The molecule has 118 valence electrons. The Kier molecular flexibility index (Phi) is 6.07. The van der Waals surface area contributed by atoms with Gasteiger partial charge < -0.3 is 4.90 Å². The Bertz CT molecular complexity index is 504. The van der Waals surface area contributed by atoms with Crippen LogP contribution < -0.4 is 0 Å². The van der Waals surface area contributed by atoms with E-state index in [0.29, 0.717) is 24.6 Å². The molecule has 7 heteroatoms. The number of thioether (sulfide) groups is 1. The standard InChI is InChI=1S/C14H17F4NOS/c1-9(6-7-21-3)19(2)13(20)11-8-10(14(16,17)18)4-5-12(11)15/h4-5,8-9H,6-7H2,1-3H3. The minimum atomic E-state index is -4.61. The topological polar surface area (TPSA) is 20.3 Å². The molecule has 1 aromatic rings. The fraction of sp³-hybridized carbons (Fsp3) is 0.500. The Morgan fingerprint density at radius 2 is 2.00 bits per heavy atom. The lowest BCUT2D eigenvalue weighted by Gasteiger charge is -2.25. The molecule has 0 spiro atoms. The summed E-state index contributed by atoms with van der Waals surface area (Å²) in [5.41, 5.74) is -1.58. The van der Waals surface area contributed by atoms with Gasteiger partial charge in [0.2, 0.25) is 0 Å². The smallest absolute Gasteiger partial charge is 0.339 e. The van der Waals surface area contributed by atoms with Crippen LogP contribution in [0, 0.1) is 5.82 Å². The lowest BCUT2D eigenvalue weighted by Crippen LogP contribution is -2.36. The summed E-state index contributed by atoms with van der Waals surface area (Å²) in [6.45, 7) is 1.78. The van der Waals surface area contributed by atoms with Gasteiger partial charge >= 0.3 is 6.18 Å². The van der Waals surface area contributed by atoms with Crippen molar-refractivity contribution in [3.63, 3.8) is 0 Å². The summed E-state index contributed by atoms with van der Waals surface area (Å²) in [5.74, 6) is -0.881. The Balaban J connectivity index is 3.01. The van der Waals surface area contributed by atoms with E-state index in [9.17, 15) is 22.4 Å². The summed E-state index contributed by atoms with van der Waals surface area (Å²) in [6, 6.07) is 1.69. The predicted octanol–water partition coefficient (Wildman–Crippen LogP) is 4.06. The molecule has 0 bridgehead atoms. The molecule has 0 radical (unpaired) electrons. The van der Waals surface area contributed by atoms with Gasteiger partial charge in [0.1, 0.15) is 5.82 Å². The van der Waals surface area contributed by atoms with Gasteiger partial charge in [-0.05, 0) is 43.6 Å². The summed E-state index contributed by atoms with van der Waals surface area (Å²) < 4.78 is 51.6. The molecule has 0 fully saturated rings. The molecule has 1 aromatic carbocycles. The van der Waals surface area contributed by atoms with E-state index < -0.39 is 29.0 Å². The largest absolute Gasteiger partial charge is 0.416 e. The lowest BCUT2D eigenvalue weighted by atomic mass is 10.1. The van der Waals surface area contributed by atoms with E-state index in [1.165, 1.54) is 11.9 Å². The Morgan fingerprint density at radius 3 is 2.52 bits per heavy atom. The third kappa shape index (κ3) is 4.62. The number of benzene rings is 1. The van der Waals surface area contributed by atoms with Crippen LogP contribution in [0.15, 0.2) is 18.2 Å². The first-order valence-corrected chi connectivity index (χ1v) is 7.70. The van der Waals surface area contributed by atoms with Crippen molar-refractivity contribution in [3.05, 3.63) is 35.1 Å². The van der Waals surface area contributed by atoms with Crippen molar-refractivity contribution in [2.24, 2.45) is 0 Å². The zero-order chi connectivity index (χ0) is 16.2. The molecule has 0 saturated carbocycles. The fourth-order valence-electron chi connectivity index (χ4n) is 1.74. The van der Waals surface area contributed by atoms with E-state index in [-0.39, 0.29) is 6.04 Å². The van der Waals surface area contributed by atoms with Crippen LogP contribution in [-0.4, -0.2) is 35.9 Å². The second kappa shape index (κ2) is 7.15. The molecule has 2 nitrogen and oxygen atoms in total. The second-order valence-corrected chi connectivity index (χ2v) is 5.72. The van der Waals surface area contributed by atoms with Crippen LogP contribution in [0.25, 0.3) is 0 Å². The van der Waals surface area contributed by atoms with Crippen molar-refractivity contribution < 1.29 is 22.4 Å². The van der Waals surface area contributed by atoms with E-state index in [1.807, 2.05) is 6.26 Å². The molecule has 21 heavy (non-hydrogen) atoms. The van der Waals surface area contributed by atoms with E-state index in [2.05, 4.69) is 0 Å². The van der Waals surface area contributed by atoms with Crippen LogP contribution in [0.3, 0.4) is 0 Å². The second-order valence-electron chi connectivity index (χ2n) is 4.74. The normalized spacial score (nSPS) is 13.1. The fourth-order valence-corrected chi connectivity index (χ4v) is 2.31. The molecular weight excluding hydrogens is 306 g/mol. The molecule has 0 heterocycles. The molecule has 0 aromatic heterocycles. The highest BCUT2D eigenvalue weighted by Crippen LogP contribution is 2.30. The SMILES string of the molecule is CSCCC(C)N(C)C(=O)c1cc(C(F)(F)F)ccc1F. The summed E-state index contributed by atoms with van der Waals surface area (Å²) >= 11 is 1.60. The number of alkyl halides is 3. The maximum absolute atomic E-state index is 13.7. The average molecular weight is 323 g/mol. The minimum Gasteiger partial charge on any atom is -0.339 e. The predicted molar refractivity (Wildman–Crippen MR) is 76.0 cm³/mol. The third-order valence-electron chi connectivity index (χ3n) is 3.25. The first-order chi connectivity index (χ1) is 9.68. The number of carbonyl (C=O) groups is 1. The maximum Gasteiger partial charge on any atom is 0.416 e. The molecule has 1 rings (SSSR count). The molecule has 0 aliphatic carbocycles. The highest BCUT2D eigenvalue weighted by Gasteiger charge is 2.32. The number of nitrogens with zero attached hydrogens (tertiary/aromatic N) is 1. The highest BCUT2D eigenvalue weighted by atomic mass is 32.2. The quantitative estimate of drug-likeness (QED) is 0.762. The van der Waals surface area contributed by atoms with Gasteiger partial charge in [0.15, 0.2) is 0 Å². The van der Waals surface area contributed by atoms with Crippen molar-refractivity contribution in [1.82, 2.24) is 4.90 Å². The van der Waals surface area contributed by atoms with Gasteiger partial charge in [-0.15, -0.1) is 0 Å². The number of halogens is 4. The molecule has 0 aliphatic heterocycles. The van der Waals surface area contributed by atoms with Crippen molar-refractivity contribution in [1.29, 1.82) is 0 Å². The van der Waals surface area contributed by atoms with Gasteiger partial charge in [0.25, 0.3) is 5.91 Å². The van der Waals surface area contributed by atoms with Gasteiger partial charge in [0.05, 0.1) is 11.1 Å². The third-order valence-corrected chi connectivity index (χ3v) is 3.89. The van der Waals surface area contributed by atoms with Crippen LogP contribution in [0.2, 0.25) is 0 Å². The van der Waals surface area contributed by atoms with Crippen molar-refractivity contribution in [2.45, 2.75) is 25.6 Å². The molecule has 0 N–H and O–H groups in total. The van der Waals surface area contributed by atoms with E-state index >= 15 is 0 Å². The van der Waals surface area contributed by atoms with Crippen LogP contribution in [-0.2, 0) is 6.18 Å². The van der Waals surface area contributed by atoms with Crippen molar-refractivity contribution >= 4 is 17.7 Å². The Labute approximate surface area is 125 Å². The van der Waals surface area contributed by atoms with Gasteiger partial charge in [-0.3, -0.25) is 4.79 Å². The van der Waals surface area contributed by atoms with Crippen LogP contribution >= 0.6 is 11.8 Å². The zero-order valence-corrected chi connectivity index (χ0v) is 12.8. The summed E-state index contributed by atoms with van der Waals surface area (Å²) in [6.07, 6.45) is -2.00. The maximum atomic E-state index is 13.7. The molecular formula is C14H17F4NOS. The van der Waals surface area contributed by atoms with E-state index in [1.54, 1.807) is 18.7 Å². The summed E-state index contributed by atoms with van der Waals surface area (Å²) in [7, 11) is 1.47. The van der Waals surface area contributed by atoms with Gasteiger partial charge in [0, 0.05) is 13.1 Å². The van der Waals surface area contributed by atoms with Crippen LogP contribution in [0.4, 0.5) is 17.6 Å². The highest BCUT2D eigenvalue weighted by molar-refractivity contribution is 7.98. The molecule has 1 amide bonds. The molecule has 1 atom stereocenters. The number of amides is 1. The van der Waals surface area contributed by atoms with Crippen molar-refractivity contribution in [2.75, 3.05) is 19.1 Å².